The molecule has 1 aliphatic rings. The molecule has 4 N–H and O–H groups in total. The van der Waals surface area contributed by atoms with E-state index in [1.54, 1.807) is 36.9 Å². The van der Waals surface area contributed by atoms with Gasteiger partial charge in [0.05, 0.1) is 22.4 Å². The number of aromatic nitrogens is 4. The van der Waals surface area contributed by atoms with Gasteiger partial charge >= 0.3 is 0 Å². The Morgan fingerprint density at radius 1 is 1.03 bits per heavy atom. The smallest absolute Gasteiger partial charge is 0.198 e. The van der Waals surface area contributed by atoms with Crippen LogP contribution in [0.15, 0.2) is 48.0 Å². The van der Waals surface area contributed by atoms with Crippen molar-refractivity contribution in [3.05, 3.63) is 53.0 Å². The van der Waals surface area contributed by atoms with Crippen LogP contribution < -0.4 is 16.4 Å². The lowest BCUT2D eigenvalue weighted by molar-refractivity contribution is 0.381. The van der Waals surface area contributed by atoms with Crippen LogP contribution in [0, 0.1) is 0 Å². The molecule has 0 radical (unpaired) electrons. The molecular formula is C19H19Cl2N9. The van der Waals surface area contributed by atoms with Gasteiger partial charge in [-0.1, -0.05) is 35.3 Å². The highest BCUT2D eigenvalue weighted by Crippen LogP contribution is 2.35. The van der Waals surface area contributed by atoms with Gasteiger partial charge < -0.3 is 21.3 Å². The van der Waals surface area contributed by atoms with Gasteiger partial charge in [-0.25, -0.2) is 15.0 Å². The first-order valence-electron chi connectivity index (χ1n) is 9.20. The Kier molecular flexibility index (Phi) is 5.82. The molecule has 1 fully saturated rings. The lowest BCUT2D eigenvalue weighted by Gasteiger charge is -2.35. The van der Waals surface area contributed by atoms with Crippen LogP contribution in [0.3, 0.4) is 0 Å². The molecule has 30 heavy (non-hydrogen) atoms. The third kappa shape index (κ3) is 4.22. The van der Waals surface area contributed by atoms with Crippen molar-refractivity contribution in [1.29, 1.82) is 0 Å². The number of nitrogen functional groups attached to an aromatic ring is 1. The summed E-state index contributed by atoms with van der Waals surface area (Å²) in [6.07, 6.45) is 6.42. The van der Waals surface area contributed by atoms with E-state index < -0.39 is 0 Å². The highest BCUT2D eigenvalue weighted by atomic mass is 35.5. The quantitative estimate of drug-likeness (QED) is 0.467. The standard InChI is InChI=1S/C19H19Cl2N9/c20-13-3-1-2-12(16(13)21)17-18(22)28-15(11-26-17)29-6-8-30(9-7-29)19(23)27-14-10-24-4-5-25-14/h1-5,10-11H,6-9H2,(H2,22,28)(H2,23,25,27). The summed E-state index contributed by atoms with van der Waals surface area (Å²) >= 11 is 12.4. The monoisotopic (exact) mass is 443 g/mol. The predicted octanol–water partition coefficient (Wildman–Crippen LogP) is 2.59. The first-order chi connectivity index (χ1) is 14.5. The molecule has 11 heteroatoms. The Morgan fingerprint density at radius 2 is 1.83 bits per heavy atom. The summed E-state index contributed by atoms with van der Waals surface area (Å²) in [6.45, 7) is 2.75. The number of anilines is 2. The number of rotatable bonds is 3. The van der Waals surface area contributed by atoms with Crippen LogP contribution in [-0.4, -0.2) is 57.0 Å². The Balaban J connectivity index is 1.46. The molecule has 0 aliphatic carbocycles. The fourth-order valence-electron chi connectivity index (χ4n) is 3.14. The van der Waals surface area contributed by atoms with E-state index in [0.29, 0.717) is 70.9 Å². The van der Waals surface area contributed by atoms with Crippen LogP contribution in [0.1, 0.15) is 0 Å². The first-order valence-corrected chi connectivity index (χ1v) is 9.95. The molecule has 1 aliphatic heterocycles. The van der Waals surface area contributed by atoms with Crippen molar-refractivity contribution in [3.63, 3.8) is 0 Å². The van der Waals surface area contributed by atoms with E-state index in [1.165, 1.54) is 0 Å². The molecule has 1 saturated heterocycles. The topological polar surface area (TPSA) is 122 Å². The normalized spacial score (nSPS) is 14.8. The summed E-state index contributed by atoms with van der Waals surface area (Å²) in [5, 5.41) is 0.843. The molecule has 0 saturated carbocycles. The third-order valence-corrected chi connectivity index (χ3v) is 5.52. The average molecular weight is 444 g/mol. The summed E-state index contributed by atoms with van der Waals surface area (Å²) in [6, 6.07) is 5.32. The Bertz CT molecular complexity index is 1070. The minimum absolute atomic E-state index is 0.294. The molecule has 2 aromatic heterocycles. The number of guanidine groups is 1. The van der Waals surface area contributed by atoms with E-state index in [4.69, 9.17) is 34.7 Å². The summed E-state index contributed by atoms with van der Waals surface area (Å²) < 4.78 is 0. The minimum atomic E-state index is 0.294. The molecule has 3 heterocycles. The largest absolute Gasteiger partial charge is 0.382 e. The zero-order valence-corrected chi connectivity index (χ0v) is 17.4. The number of hydrogen-bond acceptors (Lipinski definition) is 7. The second-order valence-electron chi connectivity index (χ2n) is 6.57. The maximum atomic E-state index is 6.29. The molecule has 1 aromatic carbocycles. The van der Waals surface area contributed by atoms with Crippen molar-refractivity contribution in [2.24, 2.45) is 10.7 Å². The lowest BCUT2D eigenvalue weighted by atomic mass is 10.1. The summed E-state index contributed by atoms with van der Waals surface area (Å²) in [5.41, 5.74) is 13.5. The maximum absolute atomic E-state index is 6.29. The van der Waals surface area contributed by atoms with Gasteiger partial charge in [-0.15, -0.1) is 0 Å². The van der Waals surface area contributed by atoms with Crippen molar-refractivity contribution in [1.82, 2.24) is 24.8 Å². The van der Waals surface area contributed by atoms with E-state index in [0.717, 1.165) is 0 Å². The summed E-state index contributed by atoms with van der Waals surface area (Å²) in [5.74, 6) is 1.87. The van der Waals surface area contributed by atoms with Gasteiger partial charge in [-0.05, 0) is 6.07 Å². The average Bonchev–Trinajstić information content (AvgIpc) is 2.77. The fraction of sp³-hybridized carbons (Fsp3) is 0.211. The molecule has 0 spiro atoms. The number of nitrogens with two attached hydrogens (primary N) is 2. The third-order valence-electron chi connectivity index (χ3n) is 4.70. The highest BCUT2D eigenvalue weighted by Gasteiger charge is 2.21. The number of halogens is 2. The molecule has 4 rings (SSSR count). The van der Waals surface area contributed by atoms with Gasteiger partial charge in [0.1, 0.15) is 11.5 Å². The van der Waals surface area contributed by atoms with Crippen molar-refractivity contribution >= 4 is 46.6 Å². The van der Waals surface area contributed by atoms with Crippen molar-refractivity contribution in [3.8, 4) is 11.3 Å². The SMILES string of the molecule is NC(=Nc1cnccn1)N1CCN(c2cnc(-c3cccc(Cl)c3Cl)c(N)n2)CC1. The van der Waals surface area contributed by atoms with Crippen LogP contribution in [0.4, 0.5) is 17.5 Å². The Labute approximate surface area is 183 Å². The van der Waals surface area contributed by atoms with Gasteiger partial charge in [0.25, 0.3) is 0 Å². The number of piperazine rings is 1. The van der Waals surface area contributed by atoms with Crippen LogP contribution in [-0.2, 0) is 0 Å². The summed E-state index contributed by atoms with van der Waals surface area (Å²) in [7, 11) is 0. The zero-order valence-electron chi connectivity index (χ0n) is 15.9. The van der Waals surface area contributed by atoms with E-state index in [1.807, 2.05) is 11.0 Å². The van der Waals surface area contributed by atoms with Gasteiger partial charge in [-0.3, -0.25) is 4.98 Å². The zero-order chi connectivity index (χ0) is 21.1. The molecule has 9 nitrogen and oxygen atoms in total. The number of nitrogens with zero attached hydrogens (tertiary/aromatic N) is 7. The van der Waals surface area contributed by atoms with E-state index in [9.17, 15) is 0 Å². The number of aliphatic imine (C=N–C) groups is 1. The van der Waals surface area contributed by atoms with Gasteiger partial charge in [-0.2, -0.15) is 4.99 Å². The Morgan fingerprint density at radius 3 is 2.53 bits per heavy atom. The van der Waals surface area contributed by atoms with Crippen LogP contribution in [0.2, 0.25) is 10.0 Å². The minimum Gasteiger partial charge on any atom is -0.382 e. The Hall–Kier alpha value is -3.17. The molecule has 0 amide bonds. The molecule has 0 unspecified atom stereocenters. The fourth-order valence-corrected chi connectivity index (χ4v) is 3.53. The number of benzene rings is 1. The van der Waals surface area contributed by atoms with Crippen LogP contribution >= 0.6 is 23.2 Å². The lowest BCUT2D eigenvalue weighted by Crippen LogP contribution is -2.51. The van der Waals surface area contributed by atoms with E-state index >= 15 is 0 Å². The number of hydrogen-bond donors (Lipinski definition) is 2. The van der Waals surface area contributed by atoms with E-state index in [2.05, 4.69) is 29.8 Å². The molecular weight excluding hydrogens is 425 g/mol. The van der Waals surface area contributed by atoms with Crippen LogP contribution in [0.25, 0.3) is 11.3 Å². The van der Waals surface area contributed by atoms with Crippen molar-refractivity contribution in [2.75, 3.05) is 36.8 Å². The van der Waals surface area contributed by atoms with Crippen LogP contribution in [0.5, 0.6) is 0 Å². The first kappa shape index (κ1) is 20.1. The highest BCUT2D eigenvalue weighted by molar-refractivity contribution is 6.43. The van der Waals surface area contributed by atoms with Gasteiger partial charge in [0, 0.05) is 44.1 Å². The summed E-state index contributed by atoms with van der Waals surface area (Å²) in [4.78, 5) is 25.5. The maximum Gasteiger partial charge on any atom is 0.198 e. The molecule has 154 valence electrons. The second-order valence-corrected chi connectivity index (χ2v) is 7.36. The second kappa shape index (κ2) is 8.68. The van der Waals surface area contributed by atoms with Gasteiger partial charge in [0.15, 0.2) is 17.6 Å². The molecule has 3 aromatic rings. The van der Waals surface area contributed by atoms with Crippen molar-refractivity contribution in [2.45, 2.75) is 0 Å². The van der Waals surface area contributed by atoms with E-state index in [-0.39, 0.29) is 0 Å². The predicted molar refractivity (Wildman–Crippen MR) is 119 cm³/mol. The molecule has 0 bridgehead atoms. The molecule has 0 atom stereocenters. The van der Waals surface area contributed by atoms with Crippen molar-refractivity contribution < 1.29 is 0 Å². The van der Waals surface area contributed by atoms with Gasteiger partial charge in [0.2, 0.25) is 0 Å².